The van der Waals surface area contributed by atoms with Gasteiger partial charge in [-0.25, -0.2) is 0 Å². The average Bonchev–Trinajstić information content (AvgIpc) is 2.15. The molecule has 1 unspecified atom stereocenters. The molecule has 0 aromatic carbocycles. The lowest BCUT2D eigenvalue weighted by molar-refractivity contribution is -0.143. The van der Waals surface area contributed by atoms with Crippen molar-refractivity contribution in [2.24, 2.45) is 5.73 Å². The van der Waals surface area contributed by atoms with Crippen molar-refractivity contribution < 1.29 is 19.2 Å². The molecule has 1 atom stereocenters. The summed E-state index contributed by atoms with van der Waals surface area (Å²) in [7, 11) is 0. The first-order valence-corrected chi connectivity index (χ1v) is 4.28. The number of ketones is 3. The fraction of sp³-hybridized carbons (Fsp3) is 0.556. The van der Waals surface area contributed by atoms with Crippen LogP contribution in [0.4, 0.5) is 0 Å². The van der Waals surface area contributed by atoms with Crippen LogP contribution in [0.3, 0.4) is 0 Å². The van der Waals surface area contributed by atoms with E-state index in [9.17, 15) is 19.2 Å². The third-order valence-corrected chi connectivity index (χ3v) is 1.69. The molecule has 5 heteroatoms. The van der Waals surface area contributed by atoms with Gasteiger partial charge in [-0.1, -0.05) is 0 Å². The number of carbonyl (C=O) groups is 4. The van der Waals surface area contributed by atoms with Gasteiger partial charge >= 0.3 is 0 Å². The molecular weight excluding hydrogens is 186 g/mol. The minimum atomic E-state index is -0.982. The van der Waals surface area contributed by atoms with Crippen LogP contribution in [0.2, 0.25) is 0 Å². The molecule has 14 heavy (non-hydrogen) atoms. The molecule has 5 nitrogen and oxygen atoms in total. The van der Waals surface area contributed by atoms with Crippen LogP contribution in [0.25, 0.3) is 0 Å². The van der Waals surface area contributed by atoms with E-state index in [4.69, 9.17) is 5.73 Å². The van der Waals surface area contributed by atoms with Crippen molar-refractivity contribution in [1.82, 2.24) is 0 Å². The molecule has 78 valence electrons. The summed E-state index contributed by atoms with van der Waals surface area (Å²) < 4.78 is 0. The van der Waals surface area contributed by atoms with E-state index in [1.165, 1.54) is 0 Å². The van der Waals surface area contributed by atoms with E-state index >= 15 is 0 Å². The summed E-state index contributed by atoms with van der Waals surface area (Å²) in [6.07, 6.45) is 1.25. The van der Waals surface area contributed by atoms with Gasteiger partial charge in [0.1, 0.15) is 6.29 Å². The maximum Gasteiger partial charge on any atom is 0.263 e. The highest BCUT2D eigenvalue weighted by Crippen LogP contribution is 1.99. The quantitative estimate of drug-likeness (QED) is 0.336. The molecule has 0 saturated carbocycles. The van der Waals surface area contributed by atoms with Gasteiger partial charge in [-0.05, 0) is 12.8 Å². The molecule has 0 saturated heterocycles. The van der Waals surface area contributed by atoms with Crippen LogP contribution < -0.4 is 5.73 Å². The van der Waals surface area contributed by atoms with Gasteiger partial charge in [-0.3, -0.25) is 14.4 Å². The van der Waals surface area contributed by atoms with Crippen LogP contribution in [0.1, 0.15) is 26.2 Å². The van der Waals surface area contributed by atoms with Gasteiger partial charge in [0.15, 0.2) is 0 Å². The Labute approximate surface area is 81.6 Å². The molecule has 0 aliphatic carbocycles. The van der Waals surface area contributed by atoms with E-state index in [-0.39, 0.29) is 6.42 Å². The highest BCUT2D eigenvalue weighted by molar-refractivity contribution is 6.63. The number of rotatable bonds is 7. The summed E-state index contributed by atoms with van der Waals surface area (Å²) in [5.74, 6) is -2.45. The van der Waals surface area contributed by atoms with Crippen molar-refractivity contribution in [1.29, 1.82) is 0 Å². The van der Waals surface area contributed by atoms with E-state index in [0.717, 1.165) is 6.92 Å². The zero-order valence-corrected chi connectivity index (χ0v) is 7.99. The summed E-state index contributed by atoms with van der Waals surface area (Å²) in [4.78, 5) is 42.3. The molecule has 0 amide bonds. The Morgan fingerprint density at radius 2 is 1.93 bits per heavy atom. The maximum absolute atomic E-state index is 11.0. The molecule has 0 aromatic heterocycles. The molecule has 0 bridgehead atoms. The summed E-state index contributed by atoms with van der Waals surface area (Å²) in [5.41, 5.74) is 5.26. The highest BCUT2D eigenvalue weighted by atomic mass is 16.2. The predicted molar refractivity (Wildman–Crippen MR) is 48.6 cm³/mol. The number of aldehydes is 1. The number of nitrogens with two attached hydrogens (primary N) is 1. The summed E-state index contributed by atoms with van der Waals surface area (Å²) in [6, 6.07) is -0.602. The topological polar surface area (TPSA) is 94.3 Å². The first kappa shape index (κ1) is 12.6. The third kappa shape index (κ3) is 4.61. The summed E-state index contributed by atoms with van der Waals surface area (Å²) in [6.45, 7) is 1.05. The van der Waals surface area contributed by atoms with Crippen LogP contribution in [-0.2, 0) is 19.2 Å². The minimum absolute atomic E-state index is 0.0278. The first-order valence-electron chi connectivity index (χ1n) is 4.28. The van der Waals surface area contributed by atoms with Crippen molar-refractivity contribution in [3.63, 3.8) is 0 Å². The van der Waals surface area contributed by atoms with Crippen LogP contribution in [-0.4, -0.2) is 29.7 Å². The minimum Gasteiger partial charge on any atom is -0.322 e. The molecule has 2 N–H and O–H groups in total. The summed E-state index contributed by atoms with van der Waals surface area (Å²) >= 11 is 0. The Balaban J connectivity index is 3.80. The number of hydrogen-bond acceptors (Lipinski definition) is 5. The smallest absolute Gasteiger partial charge is 0.263 e. The zero-order valence-electron chi connectivity index (χ0n) is 7.99. The van der Waals surface area contributed by atoms with E-state index in [1.807, 2.05) is 0 Å². The van der Waals surface area contributed by atoms with Gasteiger partial charge in [0.05, 0.1) is 6.04 Å². The second-order valence-electron chi connectivity index (χ2n) is 3.00. The normalized spacial score (nSPS) is 11.9. The van der Waals surface area contributed by atoms with Crippen molar-refractivity contribution >= 4 is 23.6 Å². The summed E-state index contributed by atoms with van der Waals surface area (Å²) in [5, 5.41) is 0. The van der Waals surface area contributed by atoms with E-state index in [1.54, 1.807) is 0 Å². The fourth-order valence-corrected chi connectivity index (χ4v) is 0.876. The Bertz CT molecular complexity index is 260. The van der Waals surface area contributed by atoms with Crippen LogP contribution in [0.5, 0.6) is 0 Å². The molecule has 0 fully saturated rings. The predicted octanol–water partition coefficient (Wildman–Crippen LogP) is -0.590. The fourth-order valence-electron chi connectivity index (χ4n) is 0.876. The van der Waals surface area contributed by atoms with Gasteiger partial charge < -0.3 is 10.5 Å². The lowest BCUT2D eigenvalue weighted by Gasteiger charge is -2.01. The number of carbonyl (C=O) groups excluding carboxylic acids is 4. The third-order valence-electron chi connectivity index (χ3n) is 1.69. The second kappa shape index (κ2) is 6.15. The lowest BCUT2D eigenvalue weighted by atomic mass is 10.1. The van der Waals surface area contributed by atoms with Crippen molar-refractivity contribution in [3.05, 3.63) is 0 Å². The molecule has 0 rings (SSSR count). The van der Waals surface area contributed by atoms with E-state index in [2.05, 4.69) is 0 Å². The van der Waals surface area contributed by atoms with E-state index in [0.29, 0.717) is 19.1 Å². The zero-order chi connectivity index (χ0) is 11.1. The SMILES string of the molecule is CC(=O)C(=O)C(=O)CCCC(N)C=O. The Kier molecular flexibility index (Phi) is 5.55. The van der Waals surface area contributed by atoms with Crippen molar-refractivity contribution in [3.8, 4) is 0 Å². The number of Topliss-reactive ketones (excluding diaryl/α,β-unsaturated/α-hetero) is 3. The van der Waals surface area contributed by atoms with Crippen LogP contribution in [0, 0.1) is 0 Å². The van der Waals surface area contributed by atoms with Gasteiger partial charge in [-0.2, -0.15) is 0 Å². The molecule has 0 aliphatic rings. The molecular formula is C9H13NO4. The monoisotopic (exact) mass is 199 g/mol. The largest absolute Gasteiger partial charge is 0.322 e. The number of hydrogen-bond donors (Lipinski definition) is 1. The Hall–Kier alpha value is -1.36. The lowest BCUT2D eigenvalue weighted by Crippen LogP contribution is -2.24. The van der Waals surface area contributed by atoms with Crippen molar-refractivity contribution in [2.45, 2.75) is 32.2 Å². The highest BCUT2D eigenvalue weighted by Gasteiger charge is 2.17. The van der Waals surface area contributed by atoms with Crippen LogP contribution >= 0.6 is 0 Å². The Morgan fingerprint density at radius 3 is 2.36 bits per heavy atom. The van der Waals surface area contributed by atoms with Gasteiger partial charge in [0.2, 0.25) is 11.6 Å². The Morgan fingerprint density at radius 1 is 1.36 bits per heavy atom. The molecule has 0 heterocycles. The van der Waals surface area contributed by atoms with Crippen LogP contribution in [0.15, 0.2) is 0 Å². The molecule has 0 radical (unpaired) electrons. The van der Waals surface area contributed by atoms with Crippen molar-refractivity contribution in [2.75, 3.05) is 0 Å². The molecule has 0 spiro atoms. The maximum atomic E-state index is 11.0. The first-order chi connectivity index (χ1) is 6.49. The molecule has 0 aliphatic heterocycles. The van der Waals surface area contributed by atoms with Gasteiger partial charge in [0, 0.05) is 13.3 Å². The standard InChI is InChI=1S/C9H13NO4/c1-6(12)9(14)8(13)4-2-3-7(10)5-11/h5,7H,2-4,10H2,1H3. The van der Waals surface area contributed by atoms with Gasteiger partial charge in [0.25, 0.3) is 5.78 Å². The second-order valence-corrected chi connectivity index (χ2v) is 3.00. The van der Waals surface area contributed by atoms with E-state index < -0.39 is 23.4 Å². The average molecular weight is 199 g/mol. The molecule has 0 aromatic rings. The van der Waals surface area contributed by atoms with Gasteiger partial charge in [-0.15, -0.1) is 0 Å².